The first-order valence-corrected chi connectivity index (χ1v) is 36.5. The maximum atomic E-state index is 15.5. The highest BCUT2D eigenvalue weighted by atomic mass is 32.2. The van der Waals surface area contributed by atoms with Crippen molar-refractivity contribution in [2.24, 2.45) is 23.7 Å². The van der Waals surface area contributed by atoms with Gasteiger partial charge in [-0.25, -0.2) is 4.39 Å². The van der Waals surface area contributed by atoms with Gasteiger partial charge >= 0.3 is 6.18 Å². The Labute approximate surface area is 584 Å². The number of amides is 12. The largest absolute Gasteiger partial charge is 0.419 e. The third-order valence-corrected chi connectivity index (χ3v) is 22.8. The summed E-state index contributed by atoms with van der Waals surface area (Å²) < 4.78 is 56.1. The van der Waals surface area contributed by atoms with Crippen molar-refractivity contribution in [2.45, 2.75) is 223 Å². The van der Waals surface area contributed by atoms with Crippen molar-refractivity contribution in [2.75, 3.05) is 87.5 Å². The van der Waals surface area contributed by atoms with Crippen molar-refractivity contribution in [1.29, 1.82) is 0 Å². The number of carbonyl (C=O) groups is 12. The van der Waals surface area contributed by atoms with Gasteiger partial charge in [0.15, 0.2) is 0 Å². The standard InChI is InChI=1S/C70H106F4N12O12S/c1-14-42(4)56-65(95)80(9)43(5)61(91)86-35-31-51(86)64(94)83(12)57(45-22-15-16-23-45)66(96)79(8)38-54(87)75-49(30-28-44-27-29-47(48(71)37-44)70(72,73)74)62(92)85-34-21-26-50(85)60(90)77-69(32-19-20-33-69)68(98)84(13)58(46-24-17-18-25-46)67(97)82(11)53(63(93)78(6)7)39-99-40-55(88)81(10)52(36-41(2)3)59(89)76-56/h27,29,37,41-43,45-46,49-53,56-58H,14-26,28,30-36,38-40H2,1-13H3,(H,75,87)(H,76,89)(H,77,90)/t42-,43-,49-,50-,51-,52-,53-,56-,57-,58-/m0/s1. The number of aryl methyl sites for hydroxylation is 1. The zero-order valence-corrected chi connectivity index (χ0v) is 60.9. The summed E-state index contributed by atoms with van der Waals surface area (Å²) >= 11 is 1.08. The van der Waals surface area contributed by atoms with Crippen molar-refractivity contribution < 1.29 is 75.1 Å². The fraction of sp³-hybridized carbons (Fsp3) is 0.743. The van der Waals surface area contributed by atoms with E-state index in [4.69, 9.17) is 0 Å². The third-order valence-electron chi connectivity index (χ3n) is 21.8. The van der Waals surface area contributed by atoms with Crippen LogP contribution >= 0.6 is 11.8 Å². The lowest BCUT2D eigenvalue weighted by atomic mass is 9.90. The van der Waals surface area contributed by atoms with Crippen LogP contribution in [0.15, 0.2) is 18.2 Å². The number of likely N-dealkylation sites (N-methyl/N-ethyl adjacent to an activating group) is 7. The molecule has 0 unspecified atom stereocenters. The highest BCUT2D eigenvalue weighted by Crippen LogP contribution is 2.39. The summed E-state index contributed by atoms with van der Waals surface area (Å²) in [6.45, 7) is 8.41. The smallest absolute Gasteiger partial charge is 0.347 e. The molecule has 10 atom stereocenters. The van der Waals surface area contributed by atoms with E-state index in [9.17, 15) is 51.5 Å². The number of carbonyl (C=O) groups excluding carboxylic acids is 12. The van der Waals surface area contributed by atoms with Crippen LogP contribution in [0.2, 0.25) is 0 Å². The van der Waals surface area contributed by atoms with Gasteiger partial charge < -0.3 is 60.0 Å². The first kappa shape index (κ1) is 79.3. The van der Waals surface area contributed by atoms with Crippen LogP contribution in [0.3, 0.4) is 0 Å². The molecule has 6 fully saturated rings. The van der Waals surface area contributed by atoms with Gasteiger partial charge in [-0.05, 0) is 125 Å². The molecule has 3 aliphatic heterocycles. The first-order valence-electron chi connectivity index (χ1n) is 35.3. The first-order chi connectivity index (χ1) is 46.6. The second-order valence-corrected chi connectivity index (χ2v) is 30.2. The van der Waals surface area contributed by atoms with Crippen molar-refractivity contribution in [3.8, 4) is 0 Å². The van der Waals surface area contributed by atoms with Crippen molar-refractivity contribution in [3.63, 3.8) is 0 Å². The highest BCUT2D eigenvalue weighted by Gasteiger charge is 2.52. The molecular formula is C70H106F4N12O12S. The Morgan fingerprint density at radius 3 is 1.81 bits per heavy atom. The predicted molar refractivity (Wildman–Crippen MR) is 363 cm³/mol. The minimum absolute atomic E-state index is 0.00764. The number of alkyl halides is 3. The minimum Gasteiger partial charge on any atom is -0.347 e. The van der Waals surface area contributed by atoms with Crippen LogP contribution in [-0.4, -0.2) is 262 Å². The molecule has 3 aliphatic carbocycles. The average Bonchev–Trinajstić information content (AvgIpc) is 1.77. The summed E-state index contributed by atoms with van der Waals surface area (Å²) in [6.07, 6.45) is 2.41. The van der Waals surface area contributed by atoms with E-state index in [1.54, 1.807) is 6.92 Å². The van der Waals surface area contributed by atoms with E-state index in [2.05, 4.69) is 16.0 Å². The maximum absolute atomic E-state index is 15.5. The van der Waals surface area contributed by atoms with E-state index in [1.165, 1.54) is 103 Å². The SMILES string of the molecule is CC[C@H](C)[C@@H]1NC(=O)[C@H](CC(C)C)N(C)C(=O)CSC[C@@H](C(=O)N(C)C)N(C)C(=O)[C@H](C2CCCC2)N(C)C(=O)C2(CCCC2)NC(=O)[C@@H]2CCCN2C(=O)[C@H](CCc2ccc(C(F)(F)F)c(F)c2)NC(=O)CN(C)C(=O)[C@H](C2CCCC2)N(C)C(=O)[C@@H]2CCN2C(=O)[C@H](C)N(C)C1=O. The number of benzene rings is 1. The lowest BCUT2D eigenvalue weighted by molar-refractivity contribution is -0.161. The number of thioether (sulfide) groups is 1. The van der Waals surface area contributed by atoms with Gasteiger partial charge in [0.2, 0.25) is 70.9 Å². The van der Waals surface area contributed by atoms with Gasteiger partial charge in [0.05, 0.1) is 17.9 Å². The molecule has 3 N–H and O–H groups in total. The van der Waals surface area contributed by atoms with Crippen LogP contribution in [0.1, 0.15) is 161 Å². The second-order valence-electron chi connectivity index (χ2n) is 29.2. The molecule has 29 heteroatoms. The quantitative estimate of drug-likeness (QED) is 0.269. The zero-order valence-electron chi connectivity index (χ0n) is 60.1. The monoisotopic (exact) mass is 1410 g/mol. The number of halogens is 4. The maximum Gasteiger partial charge on any atom is 0.419 e. The second kappa shape index (κ2) is 34.1. The van der Waals surface area contributed by atoms with E-state index in [0.717, 1.165) is 48.4 Å². The Morgan fingerprint density at radius 1 is 0.667 bits per heavy atom. The molecule has 1 spiro atoms. The van der Waals surface area contributed by atoms with E-state index < -0.39 is 161 Å². The van der Waals surface area contributed by atoms with Crippen LogP contribution < -0.4 is 16.0 Å². The van der Waals surface area contributed by atoms with Crippen molar-refractivity contribution in [3.05, 3.63) is 35.1 Å². The number of hydrogen-bond acceptors (Lipinski definition) is 13. The summed E-state index contributed by atoms with van der Waals surface area (Å²) in [5.41, 5.74) is -3.00. The number of nitrogens with one attached hydrogen (secondary N) is 3. The summed E-state index contributed by atoms with van der Waals surface area (Å²) in [7, 11) is 11.8. The van der Waals surface area contributed by atoms with Crippen LogP contribution in [0.25, 0.3) is 0 Å². The predicted octanol–water partition coefficient (Wildman–Crippen LogP) is 4.69. The molecule has 24 nitrogen and oxygen atoms in total. The summed E-state index contributed by atoms with van der Waals surface area (Å²) in [5.74, 6) is -10.4. The number of fused-ring (bicyclic) bond motifs is 2. The van der Waals surface area contributed by atoms with Crippen molar-refractivity contribution >= 4 is 82.6 Å². The van der Waals surface area contributed by atoms with Gasteiger partial charge in [-0.2, -0.15) is 13.2 Å². The molecule has 1 aromatic carbocycles. The molecule has 3 saturated heterocycles. The highest BCUT2D eigenvalue weighted by molar-refractivity contribution is 8.00. The van der Waals surface area contributed by atoms with Crippen LogP contribution in [-0.2, 0) is 70.1 Å². The fourth-order valence-corrected chi connectivity index (χ4v) is 16.4. The molecular weight excluding hydrogens is 1310 g/mol. The lowest BCUT2D eigenvalue weighted by Gasteiger charge is -2.45. The minimum atomic E-state index is -5.00. The van der Waals surface area contributed by atoms with E-state index in [-0.39, 0.29) is 92.9 Å². The average molecular weight is 1420 g/mol. The zero-order chi connectivity index (χ0) is 73.3. The van der Waals surface area contributed by atoms with Gasteiger partial charge in [-0.1, -0.05) is 78.7 Å². The van der Waals surface area contributed by atoms with Gasteiger partial charge in [0.1, 0.15) is 65.7 Å². The van der Waals surface area contributed by atoms with Gasteiger partial charge in [0, 0.05) is 75.2 Å². The van der Waals surface area contributed by atoms with Crippen LogP contribution in [0, 0.1) is 29.5 Å². The summed E-state index contributed by atoms with van der Waals surface area (Å²) in [4.78, 5) is 189. The topological polar surface area (TPSA) is 270 Å². The molecule has 1 aromatic rings. The Morgan fingerprint density at radius 2 is 1.26 bits per heavy atom. The number of rotatable bonds is 10. The Hall–Kier alpha value is -7.07. The number of hydrogen-bond donors (Lipinski definition) is 3. The number of nitrogens with zero attached hydrogens (tertiary/aromatic N) is 9. The molecule has 552 valence electrons. The summed E-state index contributed by atoms with van der Waals surface area (Å²) in [5, 5.41) is 8.68. The molecule has 0 radical (unpaired) electrons. The van der Waals surface area contributed by atoms with Gasteiger partial charge in [-0.3, -0.25) is 57.5 Å². The molecule has 3 heterocycles. The molecule has 3 saturated carbocycles. The van der Waals surface area contributed by atoms with E-state index >= 15 is 23.6 Å². The lowest BCUT2D eigenvalue weighted by Crippen LogP contribution is -2.65. The van der Waals surface area contributed by atoms with Crippen LogP contribution in [0.5, 0.6) is 0 Å². The molecule has 99 heavy (non-hydrogen) atoms. The van der Waals surface area contributed by atoms with Crippen molar-refractivity contribution in [1.82, 2.24) is 60.0 Å². The van der Waals surface area contributed by atoms with Crippen LogP contribution in [0.4, 0.5) is 17.6 Å². The van der Waals surface area contributed by atoms with Gasteiger partial charge in [0.25, 0.3) is 0 Å². The normalized spacial score (nSPS) is 28.1. The molecule has 0 bridgehead atoms. The summed E-state index contributed by atoms with van der Waals surface area (Å²) in [6, 6.07) is -8.16. The Bertz CT molecular complexity index is 3140. The van der Waals surface area contributed by atoms with Gasteiger partial charge in [-0.15, -0.1) is 11.8 Å². The molecule has 7 rings (SSSR count). The fourth-order valence-electron chi connectivity index (χ4n) is 15.3. The molecule has 6 aliphatic rings. The van der Waals surface area contributed by atoms with E-state index in [0.29, 0.717) is 63.5 Å². The van der Waals surface area contributed by atoms with E-state index in [1.807, 2.05) is 20.8 Å². The molecule has 0 aromatic heterocycles. The Kier molecular flexibility index (Phi) is 27.3. The third kappa shape index (κ3) is 18.4. The molecule has 12 amide bonds. The Balaban J connectivity index is 1.25.